The predicted octanol–water partition coefficient (Wildman–Crippen LogP) is 3.85. The Labute approximate surface area is 206 Å². The van der Waals surface area contributed by atoms with Crippen LogP contribution in [0, 0.1) is 17.2 Å². The van der Waals surface area contributed by atoms with Gasteiger partial charge in [-0.1, -0.05) is 47.6 Å². The third kappa shape index (κ3) is 5.71. The number of esters is 1. The number of halogens is 1. The van der Waals surface area contributed by atoms with Crippen molar-refractivity contribution in [1.29, 1.82) is 5.26 Å². The highest BCUT2D eigenvalue weighted by Gasteiger charge is 2.44. The molecule has 1 aliphatic rings. The maximum Gasteiger partial charge on any atom is 0.319 e. The number of para-hydroxylation sites is 1. The van der Waals surface area contributed by atoms with Crippen LogP contribution in [0.15, 0.2) is 59.1 Å². The van der Waals surface area contributed by atoms with E-state index in [1.165, 1.54) is 7.11 Å². The van der Waals surface area contributed by atoms with Gasteiger partial charge in [0.15, 0.2) is 0 Å². The number of benzene rings is 2. The van der Waals surface area contributed by atoms with Crippen molar-refractivity contribution in [3.63, 3.8) is 0 Å². The van der Waals surface area contributed by atoms with Gasteiger partial charge < -0.3 is 20.1 Å². The number of nitrogens with one attached hydrogen (secondary N) is 2. The number of anilines is 1. The molecule has 0 unspecified atom stereocenters. The summed E-state index contributed by atoms with van der Waals surface area (Å²) in [5.74, 6) is -3.59. The molecule has 2 amide bonds. The number of rotatable bonds is 8. The van der Waals surface area contributed by atoms with Crippen molar-refractivity contribution < 1.29 is 23.9 Å². The number of carbonyl (C=O) groups is 3. The molecular formula is C24H22ClN3O5S. The lowest BCUT2D eigenvalue weighted by atomic mass is 9.78. The van der Waals surface area contributed by atoms with Gasteiger partial charge in [-0.25, -0.2) is 0 Å². The first-order valence-corrected chi connectivity index (χ1v) is 11.7. The lowest BCUT2D eigenvalue weighted by Gasteiger charge is -2.31. The Bertz CT molecular complexity index is 1160. The molecule has 0 aliphatic carbocycles. The third-order valence-corrected chi connectivity index (χ3v) is 6.32. The van der Waals surface area contributed by atoms with E-state index in [2.05, 4.69) is 16.7 Å². The van der Waals surface area contributed by atoms with E-state index in [4.69, 9.17) is 21.1 Å². The Kier molecular flexibility index (Phi) is 8.57. The van der Waals surface area contributed by atoms with E-state index in [1.807, 2.05) is 13.0 Å². The molecule has 0 bridgehead atoms. The van der Waals surface area contributed by atoms with E-state index in [1.54, 1.807) is 42.5 Å². The summed E-state index contributed by atoms with van der Waals surface area (Å²) in [6.45, 7) is 2.22. The average molecular weight is 500 g/mol. The molecule has 0 saturated carbocycles. The van der Waals surface area contributed by atoms with Crippen LogP contribution in [-0.4, -0.2) is 37.3 Å². The van der Waals surface area contributed by atoms with Crippen molar-refractivity contribution in [1.82, 2.24) is 5.32 Å². The summed E-state index contributed by atoms with van der Waals surface area (Å²) in [5.41, 5.74) is 1.23. The fourth-order valence-corrected chi connectivity index (χ4v) is 4.61. The topological polar surface area (TPSA) is 118 Å². The molecule has 2 aromatic carbocycles. The summed E-state index contributed by atoms with van der Waals surface area (Å²) in [7, 11) is 1.17. The second kappa shape index (κ2) is 11.6. The minimum Gasteiger partial charge on any atom is -0.492 e. The summed E-state index contributed by atoms with van der Waals surface area (Å²) in [6.07, 6.45) is 0. The smallest absolute Gasteiger partial charge is 0.319 e. The van der Waals surface area contributed by atoms with Crippen molar-refractivity contribution >= 4 is 46.8 Å². The summed E-state index contributed by atoms with van der Waals surface area (Å²) in [4.78, 5) is 37.8. The zero-order valence-electron chi connectivity index (χ0n) is 18.5. The molecule has 8 nitrogen and oxygen atoms in total. The van der Waals surface area contributed by atoms with Gasteiger partial charge in [0.1, 0.15) is 11.7 Å². The first-order valence-electron chi connectivity index (χ1n) is 10.3. The normalized spacial score (nSPS) is 17.4. The molecule has 1 aliphatic heterocycles. The van der Waals surface area contributed by atoms with Crippen molar-refractivity contribution in [2.45, 2.75) is 12.8 Å². The number of ether oxygens (including phenoxy) is 2. The van der Waals surface area contributed by atoms with E-state index >= 15 is 0 Å². The fraction of sp³-hybridized carbons (Fsp3) is 0.250. The second-order valence-electron chi connectivity index (χ2n) is 7.15. The number of thioether (sulfide) groups is 1. The van der Waals surface area contributed by atoms with Gasteiger partial charge in [0.2, 0.25) is 11.8 Å². The molecule has 0 radical (unpaired) electrons. The SMILES string of the molecule is CCOc1ccc([C@@H]2C(C#N)=C(SCC(=O)Nc3ccccc3)NC(=O)[C@H]2C(=O)OC)cc1Cl. The molecular weight excluding hydrogens is 478 g/mol. The second-order valence-corrected chi connectivity index (χ2v) is 8.54. The molecule has 2 N–H and O–H groups in total. The van der Waals surface area contributed by atoms with Gasteiger partial charge in [0.05, 0.1) is 41.2 Å². The minimum absolute atomic E-state index is 0.0602. The standard InChI is InChI=1S/C24H22ClN3O5S/c1-3-33-18-10-9-14(11-17(18)25)20-16(12-26)23(28-22(30)21(20)24(31)32-2)34-13-19(29)27-15-7-5-4-6-8-15/h4-11,20-21H,3,13H2,1-2H3,(H,27,29)(H,28,30)/t20-,21+/m1/s1. The maximum atomic E-state index is 12.9. The van der Waals surface area contributed by atoms with E-state index in [9.17, 15) is 19.6 Å². The molecule has 1 heterocycles. The molecule has 176 valence electrons. The Balaban J connectivity index is 1.94. The van der Waals surface area contributed by atoms with Crippen LogP contribution in [0.1, 0.15) is 18.4 Å². The fourth-order valence-electron chi connectivity index (χ4n) is 3.52. The molecule has 2 aromatic rings. The first kappa shape index (κ1) is 25.1. The lowest BCUT2D eigenvalue weighted by molar-refractivity contribution is -0.150. The van der Waals surface area contributed by atoms with Crippen LogP contribution in [0.3, 0.4) is 0 Å². The maximum absolute atomic E-state index is 12.9. The molecule has 0 saturated heterocycles. The number of allylic oxidation sites excluding steroid dienone is 1. The zero-order chi connectivity index (χ0) is 24.7. The highest BCUT2D eigenvalue weighted by molar-refractivity contribution is 8.03. The van der Waals surface area contributed by atoms with Gasteiger partial charge >= 0.3 is 5.97 Å². The van der Waals surface area contributed by atoms with Crippen LogP contribution in [0.25, 0.3) is 0 Å². The molecule has 34 heavy (non-hydrogen) atoms. The van der Waals surface area contributed by atoms with E-state index in [0.717, 1.165) is 11.8 Å². The van der Waals surface area contributed by atoms with Crippen molar-refractivity contribution in [3.8, 4) is 11.8 Å². The molecule has 2 atom stereocenters. The van der Waals surface area contributed by atoms with Crippen molar-refractivity contribution in [2.75, 3.05) is 24.8 Å². The number of hydrogen-bond donors (Lipinski definition) is 2. The highest BCUT2D eigenvalue weighted by Crippen LogP contribution is 2.42. The zero-order valence-corrected chi connectivity index (χ0v) is 20.0. The quantitative estimate of drug-likeness (QED) is 0.418. The van der Waals surface area contributed by atoms with Crippen LogP contribution in [0.4, 0.5) is 5.69 Å². The third-order valence-electron chi connectivity index (χ3n) is 5.00. The van der Waals surface area contributed by atoms with Crippen molar-refractivity contribution in [2.24, 2.45) is 5.92 Å². The Morgan fingerprint density at radius 2 is 1.97 bits per heavy atom. The Morgan fingerprint density at radius 3 is 2.59 bits per heavy atom. The highest BCUT2D eigenvalue weighted by atomic mass is 35.5. The van der Waals surface area contributed by atoms with Crippen LogP contribution >= 0.6 is 23.4 Å². The van der Waals surface area contributed by atoms with Crippen LogP contribution in [-0.2, 0) is 19.1 Å². The van der Waals surface area contributed by atoms with Gasteiger partial charge in [-0.2, -0.15) is 5.26 Å². The van der Waals surface area contributed by atoms with Crippen LogP contribution in [0.2, 0.25) is 5.02 Å². The van der Waals surface area contributed by atoms with E-state index in [0.29, 0.717) is 23.6 Å². The largest absolute Gasteiger partial charge is 0.492 e. The number of hydrogen-bond acceptors (Lipinski definition) is 7. The van der Waals surface area contributed by atoms with Gasteiger partial charge in [0, 0.05) is 11.6 Å². The molecule has 0 spiro atoms. The van der Waals surface area contributed by atoms with Gasteiger partial charge in [-0.15, -0.1) is 0 Å². The minimum atomic E-state index is -1.30. The number of nitriles is 1. The molecule has 3 rings (SSSR count). The van der Waals surface area contributed by atoms with Crippen molar-refractivity contribution in [3.05, 3.63) is 69.7 Å². The molecule has 10 heteroatoms. The van der Waals surface area contributed by atoms with Crippen LogP contribution in [0.5, 0.6) is 5.75 Å². The number of carbonyl (C=O) groups excluding carboxylic acids is 3. The summed E-state index contributed by atoms with van der Waals surface area (Å²) >= 11 is 7.33. The summed E-state index contributed by atoms with van der Waals surface area (Å²) in [5, 5.41) is 15.8. The van der Waals surface area contributed by atoms with Gasteiger partial charge in [0.25, 0.3) is 0 Å². The number of amides is 2. The van der Waals surface area contributed by atoms with E-state index < -0.39 is 23.7 Å². The first-order chi connectivity index (χ1) is 16.4. The number of methoxy groups -OCH3 is 1. The van der Waals surface area contributed by atoms with E-state index in [-0.39, 0.29) is 27.3 Å². The van der Waals surface area contributed by atoms with Crippen LogP contribution < -0.4 is 15.4 Å². The Morgan fingerprint density at radius 1 is 1.24 bits per heavy atom. The summed E-state index contributed by atoms with van der Waals surface area (Å²) < 4.78 is 10.3. The number of nitrogens with zero attached hydrogens (tertiary/aromatic N) is 1. The average Bonchev–Trinajstić information content (AvgIpc) is 2.83. The molecule has 0 fully saturated rings. The van der Waals surface area contributed by atoms with Gasteiger partial charge in [-0.05, 0) is 36.8 Å². The monoisotopic (exact) mass is 499 g/mol. The van der Waals surface area contributed by atoms with Gasteiger partial charge in [-0.3, -0.25) is 14.4 Å². The lowest BCUT2D eigenvalue weighted by Crippen LogP contribution is -2.44. The predicted molar refractivity (Wildman–Crippen MR) is 129 cm³/mol. The molecule has 0 aromatic heterocycles. The Hall–Kier alpha value is -3.48. The summed E-state index contributed by atoms with van der Waals surface area (Å²) in [6, 6.07) is 15.8.